The zero-order chi connectivity index (χ0) is 22.3. The number of fused-ring (bicyclic) bond motifs is 1. The van der Waals surface area contributed by atoms with Crippen molar-refractivity contribution in [3.8, 4) is 0 Å². The van der Waals surface area contributed by atoms with E-state index in [1.807, 2.05) is 36.4 Å². The molecule has 0 saturated carbocycles. The zero-order valence-corrected chi connectivity index (χ0v) is 18.6. The predicted molar refractivity (Wildman–Crippen MR) is 122 cm³/mol. The monoisotopic (exact) mass is 448 g/mol. The molecule has 7 nitrogen and oxygen atoms in total. The Labute approximate surface area is 190 Å². The highest BCUT2D eigenvalue weighted by atomic mass is 32.1. The fourth-order valence-electron chi connectivity index (χ4n) is 4.51. The number of para-hydroxylation sites is 1. The summed E-state index contributed by atoms with van der Waals surface area (Å²) in [4.78, 5) is 46.3. The first-order valence-electron chi connectivity index (χ1n) is 10.8. The highest BCUT2D eigenvalue weighted by Crippen LogP contribution is 2.33. The number of hydrogen-bond acceptors (Lipinski definition) is 5. The molecule has 0 unspecified atom stereocenters. The molecule has 164 valence electrons. The number of carbonyl (C=O) groups is 3. The zero-order valence-electron chi connectivity index (χ0n) is 17.8. The van der Waals surface area contributed by atoms with Crippen LogP contribution >= 0.6 is 11.3 Å². The van der Waals surface area contributed by atoms with Gasteiger partial charge in [0.05, 0.1) is 15.2 Å². The number of imide groups is 1. The molecule has 3 heterocycles. The normalized spacial score (nSPS) is 23.6. The first kappa shape index (κ1) is 20.6. The third-order valence-corrected chi connectivity index (χ3v) is 7.55. The van der Waals surface area contributed by atoms with Crippen molar-refractivity contribution in [1.29, 1.82) is 0 Å². The van der Waals surface area contributed by atoms with Crippen LogP contribution in [0.2, 0.25) is 0 Å². The summed E-state index contributed by atoms with van der Waals surface area (Å²) in [6.07, 6.45) is 1.84. The Balaban J connectivity index is 1.29. The topological polar surface area (TPSA) is 82.6 Å². The minimum absolute atomic E-state index is 0.169. The SMILES string of the molecule is C[C@@]1(c2ccccc2)NC(=O)N(CC(=O)N2CCC[C@H](c3nc4ccccc4s3)C2)C1=O. The van der Waals surface area contributed by atoms with Crippen LogP contribution in [0.1, 0.15) is 36.3 Å². The van der Waals surface area contributed by atoms with Crippen molar-refractivity contribution in [3.63, 3.8) is 0 Å². The van der Waals surface area contributed by atoms with Crippen LogP contribution in [-0.2, 0) is 15.1 Å². The van der Waals surface area contributed by atoms with Crippen LogP contribution in [0.25, 0.3) is 10.2 Å². The third-order valence-electron chi connectivity index (χ3n) is 6.35. The number of nitrogens with one attached hydrogen (secondary N) is 1. The molecule has 8 heteroatoms. The molecule has 3 aromatic rings. The molecule has 0 radical (unpaired) electrons. The first-order valence-corrected chi connectivity index (χ1v) is 11.6. The van der Waals surface area contributed by atoms with Gasteiger partial charge in [0.2, 0.25) is 5.91 Å². The van der Waals surface area contributed by atoms with Crippen LogP contribution in [0.3, 0.4) is 0 Å². The van der Waals surface area contributed by atoms with Gasteiger partial charge >= 0.3 is 6.03 Å². The Hall–Kier alpha value is -3.26. The van der Waals surface area contributed by atoms with Crippen molar-refractivity contribution in [2.24, 2.45) is 0 Å². The Kier molecular flexibility index (Phi) is 5.17. The van der Waals surface area contributed by atoms with Crippen LogP contribution in [0.5, 0.6) is 0 Å². The van der Waals surface area contributed by atoms with Crippen molar-refractivity contribution in [3.05, 3.63) is 65.2 Å². The maximum atomic E-state index is 13.1. The number of benzene rings is 2. The molecule has 2 aliphatic rings. The number of likely N-dealkylation sites (tertiary alicyclic amines) is 1. The molecule has 5 rings (SSSR count). The molecular weight excluding hydrogens is 424 g/mol. The fourth-order valence-corrected chi connectivity index (χ4v) is 5.61. The van der Waals surface area contributed by atoms with Gasteiger partial charge in [0.25, 0.3) is 5.91 Å². The van der Waals surface area contributed by atoms with Gasteiger partial charge in [-0.2, -0.15) is 0 Å². The molecule has 2 fully saturated rings. The maximum Gasteiger partial charge on any atom is 0.325 e. The van der Waals surface area contributed by atoms with Crippen LogP contribution in [0, 0.1) is 0 Å². The lowest BCUT2D eigenvalue weighted by Gasteiger charge is -2.32. The Morgan fingerprint density at radius 3 is 2.69 bits per heavy atom. The number of amides is 4. The lowest BCUT2D eigenvalue weighted by molar-refractivity contribution is -0.139. The molecule has 1 aromatic heterocycles. The van der Waals surface area contributed by atoms with Gasteiger partial charge in [0.15, 0.2) is 0 Å². The van der Waals surface area contributed by atoms with E-state index in [9.17, 15) is 14.4 Å². The maximum absolute atomic E-state index is 13.1. The van der Waals surface area contributed by atoms with Crippen LogP contribution in [0.4, 0.5) is 4.79 Å². The molecule has 2 aliphatic heterocycles. The van der Waals surface area contributed by atoms with Gasteiger partial charge in [-0.15, -0.1) is 11.3 Å². The minimum Gasteiger partial charge on any atom is -0.340 e. The molecule has 0 bridgehead atoms. The van der Waals surface area contributed by atoms with E-state index < -0.39 is 17.5 Å². The van der Waals surface area contributed by atoms with E-state index >= 15 is 0 Å². The largest absolute Gasteiger partial charge is 0.340 e. The molecule has 2 saturated heterocycles. The van der Waals surface area contributed by atoms with Gasteiger partial charge in [-0.05, 0) is 37.5 Å². The van der Waals surface area contributed by atoms with Crippen molar-refractivity contribution in [2.75, 3.05) is 19.6 Å². The number of aromatic nitrogens is 1. The van der Waals surface area contributed by atoms with Gasteiger partial charge in [-0.3, -0.25) is 14.5 Å². The Morgan fingerprint density at radius 1 is 1.16 bits per heavy atom. The number of carbonyl (C=O) groups excluding carboxylic acids is 3. The van der Waals surface area contributed by atoms with Crippen molar-refractivity contribution in [2.45, 2.75) is 31.2 Å². The lowest BCUT2D eigenvalue weighted by atomic mass is 9.92. The second-order valence-electron chi connectivity index (χ2n) is 8.51. The van der Waals surface area contributed by atoms with E-state index in [-0.39, 0.29) is 18.4 Å². The molecule has 32 heavy (non-hydrogen) atoms. The second kappa shape index (κ2) is 8.02. The summed E-state index contributed by atoms with van der Waals surface area (Å²) in [7, 11) is 0. The van der Waals surface area contributed by atoms with Crippen LogP contribution < -0.4 is 5.32 Å². The lowest BCUT2D eigenvalue weighted by Crippen LogP contribution is -2.47. The first-order chi connectivity index (χ1) is 15.5. The van der Waals surface area contributed by atoms with Gasteiger partial charge in [-0.1, -0.05) is 42.5 Å². The average molecular weight is 449 g/mol. The van der Waals surface area contributed by atoms with Gasteiger partial charge in [-0.25, -0.2) is 9.78 Å². The number of rotatable bonds is 4. The molecular formula is C24H24N4O3S. The summed E-state index contributed by atoms with van der Waals surface area (Å²) in [5.74, 6) is -0.443. The molecule has 0 spiro atoms. The van der Waals surface area contributed by atoms with Crippen molar-refractivity contribution < 1.29 is 14.4 Å². The average Bonchev–Trinajstić information content (AvgIpc) is 3.35. The highest BCUT2D eigenvalue weighted by Gasteiger charge is 2.49. The summed E-state index contributed by atoms with van der Waals surface area (Å²) >= 11 is 1.67. The molecule has 4 amide bonds. The summed E-state index contributed by atoms with van der Waals surface area (Å²) in [5, 5.41) is 3.80. The van der Waals surface area contributed by atoms with Gasteiger partial charge in [0, 0.05) is 19.0 Å². The number of thiazole rings is 1. The van der Waals surface area contributed by atoms with E-state index in [0.29, 0.717) is 18.7 Å². The summed E-state index contributed by atoms with van der Waals surface area (Å²) in [6, 6.07) is 16.6. The van der Waals surface area contributed by atoms with E-state index in [2.05, 4.69) is 11.4 Å². The quantitative estimate of drug-likeness (QED) is 0.620. The van der Waals surface area contributed by atoms with Crippen LogP contribution in [-0.4, -0.2) is 52.3 Å². The molecule has 1 N–H and O–H groups in total. The van der Waals surface area contributed by atoms with Crippen molar-refractivity contribution in [1.82, 2.24) is 20.1 Å². The Morgan fingerprint density at radius 2 is 1.91 bits per heavy atom. The van der Waals surface area contributed by atoms with Crippen LogP contribution in [0.15, 0.2) is 54.6 Å². The number of piperidine rings is 1. The summed E-state index contributed by atoms with van der Waals surface area (Å²) < 4.78 is 1.14. The molecule has 2 aromatic carbocycles. The van der Waals surface area contributed by atoms with Gasteiger partial charge in [0.1, 0.15) is 12.1 Å². The number of nitrogens with zero attached hydrogens (tertiary/aromatic N) is 3. The number of urea groups is 1. The third kappa shape index (κ3) is 3.54. The minimum atomic E-state index is -1.16. The number of hydrogen-bond donors (Lipinski definition) is 1. The second-order valence-corrected chi connectivity index (χ2v) is 9.57. The Bertz CT molecular complexity index is 1160. The highest BCUT2D eigenvalue weighted by molar-refractivity contribution is 7.18. The standard InChI is InChI=1S/C24H24N4O3S/c1-24(17-9-3-2-4-10-17)22(30)28(23(31)26-24)15-20(29)27-13-7-8-16(14-27)21-25-18-11-5-6-12-19(18)32-21/h2-6,9-12,16H,7-8,13-15H2,1H3,(H,26,31)/t16-,24-/m0/s1. The fraction of sp³-hybridized carbons (Fsp3) is 0.333. The van der Waals surface area contributed by atoms with E-state index in [1.54, 1.807) is 35.3 Å². The van der Waals surface area contributed by atoms with Crippen molar-refractivity contribution >= 4 is 39.4 Å². The van der Waals surface area contributed by atoms with E-state index in [4.69, 9.17) is 4.98 Å². The summed E-state index contributed by atoms with van der Waals surface area (Å²) in [6.45, 7) is 2.61. The predicted octanol–water partition coefficient (Wildman–Crippen LogP) is 3.47. The molecule has 2 atom stereocenters. The van der Waals surface area contributed by atoms with E-state index in [0.717, 1.165) is 33.0 Å². The van der Waals surface area contributed by atoms with Gasteiger partial charge < -0.3 is 10.2 Å². The summed E-state index contributed by atoms with van der Waals surface area (Å²) in [5.41, 5.74) is 0.516. The molecule has 0 aliphatic carbocycles. The smallest absolute Gasteiger partial charge is 0.325 e. The van der Waals surface area contributed by atoms with E-state index in [1.165, 1.54) is 0 Å².